The van der Waals surface area contributed by atoms with Gasteiger partial charge < -0.3 is 10.1 Å². The Labute approximate surface area is 163 Å². The van der Waals surface area contributed by atoms with Gasteiger partial charge in [-0.2, -0.15) is 0 Å². The molecule has 140 valence electrons. The number of piperidine rings is 1. The predicted octanol–water partition coefficient (Wildman–Crippen LogP) is 4.12. The summed E-state index contributed by atoms with van der Waals surface area (Å²) in [7, 11) is 1.63. The topological polar surface area (TPSA) is 54.5 Å². The molecular weight excluding hydrogens is 358 g/mol. The lowest BCUT2D eigenvalue weighted by atomic mass is 9.97. The minimum absolute atomic E-state index is 0.0265. The number of ether oxygens (including phenoxy) is 1. The van der Waals surface area contributed by atoms with Gasteiger partial charge in [0.25, 0.3) is 0 Å². The summed E-state index contributed by atoms with van der Waals surface area (Å²) in [5.41, 5.74) is 1.89. The molecule has 1 aliphatic heterocycles. The monoisotopic (exact) mass is 381 g/mol. The highest BCUT2D eigenvalue weighted by atomic mass is 32.1. The molecule has 0 bridgehead atoms. The lowest BCUT2D eigenvalue weighted by Crippen LogP contribution is -2.38. The standard InChI is InChI=1S/C21H23N3O2S/c1-26-17-8-6-16(7-9-17)22-20(25)14-24-12-10-15(11-13-24)21-23-18-4-2-3-5-19(18)27-21/h2-9,15H,10-14H2,1H3,(H,22,25). The molecule has 1 saturated heterocycles. The fourth-order valence-electron chi connectivity index (χ4n) is 3.48. The van der Waals surface area contributed by atoms with Crippen LogP contribution in [0.2, 0.25) is 0 Å². The number of nitrogens with zero attached hydrogens (tertiary/aromatic N) is 2. The molecule has 1 fully saturated rings. The van der Waals surface area contributed by atoms with Crippen molar-refractivity contribution in [3.63, 3.8) is 0 Å². The molecule has 27 heavy (non-hydrogen) atoms. The fraction of sp³-hybridized carbons (Fsp3) is 0.333. The molecule has 1 aromatic heterocycles. The average Bonchev–Trinajstić information content (AvgIpc) is 3.13. The van der Waals surface area contributed by atoms with E-state index in [9.17, 15) is 4.79 Å². The molecule has 6 heteroatoms. The van der Waals surface area contributed by atoms with Gasteiger partial charge >= 0.3 is 0 Å². The molecule has 2 heterocycles. The molecule has 1 aliphatic rings. The highest BCUT2D eigenvalue weighted by Crippen LogP contribution is 2.33. The third kappa shape index (κ3) is 4.28. The summed E-state index contributed by atoms with van der Waals surface area (Å²) in [6, 6.07) is 15.7. The van der Waals surface area contributed by atoms with Crippen molar-refractivity contribution in [2.45, 2.75) is 18.8 Å². The molecule has 5 nitrogen and oxygen atoms in total. The minimum Gasteiger partial charge on any atom is -0.497 e. The van der Waals surface area contributed by atoms with Crippen LogP contribution in [0.4, 0.5) is 5.69 Å². The number of para-hydroxylation sites is 1. The van der Waals surface area contributed by atoms with Crippen molar-refractivity contribution in [1.29, 1.82) is 0 Å². The molecule has 0 saturated carbocycles. The second-order valence-corrected chi connectivity index (χ2v) is 7.91. The number of hydrogen-bond acceptors (Lipinski definition) is 5. The largest absolute Gasteiger partial charge is 0.497 e. The van der Waals surface area contributed by atoms with Crippen LogP contribution in [0.1, 0.15) is 23.8 Å². The van der Waals surface area contributed by atoms with Crippen molar-refractivity contribution >= 4 is 33.1 Å². The zero-order valence-electron chi connectivity index (χ0n) is 15.4. The van der Waals surface area contributed by atoms with E-state index in [1.165, 1.54) is 9.71 Å². The lowest BCUT2D eigenvalue weighted by molar-refractivity contribution is -0.117. The minimum atomic E-state index is 0.0265. The maximum atomic E-state index is 12.3. The maximum Gasteiger partial charge on any atom is 0.238 e. The number of likely N-dealkylation sites (tertiary alicyclic amines) is 1. The Balaban J connectivity index is 1.29. The summed E-state index contributed by atoms with van der Waals surface area (Å²) in [5.74, 6) is 1.31. The van der Waals surface area contributed by atoms with E-state index in [0.717, 1.165) is 42.9 Å². The number of amides is 1. The number of hydrogen-bond donors (Lipinski definition) is 1. The summed E-state index contributed by atoms with van der Waals surface area (Å²) >= 11 is 1.80. The molecule has 0 radical (unpaired) electrons. The van der Waals surface area contributed by atoms with E-state index in [2.05, 4.69) is 28.4 Å². The number of thiazole rings is 1. The van der Waals surface area contributed by atoms with Gasteiger partial charge in [-0.1, -0.05) is 12.1 Å². The van der Waals surface area contributed by atoms with Crippen LogP contribution >= 0.6 is 11.3 Å². The molecule has 0 unspecified atom stereocenters. The Morgan fingerprint density at radius 2 is 1.93 bits per heavy atom. The molecule has 2 aromatic carbocycles. The van der Waals surface area contributed by atoms with Crippen molar-refractivity contribution in [2.75, 3.05) is 32.1 Å². The van der Waals surface area contributed by atoms with Gasteiger partial charge in [-0.05, 0) is 62.3 Å². The smallest absolute Gasteiger partial charge is 0.238 e. The summed E-state index contributed by atoms with van der Waals surface area (Å²) in [6.07, 6.45) is 2.10. The number of carbonyl (C=O) groups excluding carboxylic acids is 1. The third-order valence-corrected chi connectivity index (χ3v) is 6.19. The summed E-state index contributed by atoms with van der Waals surface area (Å²) < 4.78 is 6.39. The second-order valence-electron chi connectivity index (χ2n) is 6.85. The third-order valence-electron chi connectivity index (χ3n) is 4.99. The van der Waals surface area contributed by atoms with Gasteiger partial charge in [0.1, 0.15) is 5.75 Å². The number of anilines is 1. The van der Waals surface area contributed by atoms with Crippen molar-refractivity contribution in [3.8, 4) is 5.75 Å². The van der Waals surface area contributed by atoms with Crippen molar-refractivity contribution < 1.29 is 9.53 Å². The zero-order valence-corrected chi connectivity index (χ0v) is 16.2. The number of methoxy groups -OCH3 is 1. The second kappa shape index (κ2) is 8.06. The van der Waals surface area contributed by atoms with Gasteiger partial charge in [0, 0.05) is 11.6 Å². The van der Waals surface area contributed by atoms with Crippen LogP contribution in [-0.2, 0) is 4.79 Å². The van der Waals surface area contributed by atoms with Crippen LogP contribution in [0.3, 0.4) is 0 Å². The molecule has 0 aliphatic carbocycles. The first-order valence-corrected chi connectivity index (χ1v) is 10.0. The van der Waals surface area contributed by atoms with Crippen LogP contribution in [0.15, 0.2) is 48.5 Å². The van der Waals surface area contributed by atoms with Crippen molar-refractivity contribution in [2.24, 2.45) is 0 Å². The fourth-order valence-corrected chi connectivity index (χ4v) is 4.62. The summed E-state index contributed by atoms with van der Waals surface area (Å²) in [4.78, 5) is 19.3. The van der Waals surface area contributed by atoms with Crippen molar-refractivity contribution in [3.05, 3.63) is 53.5 Å². The Morgan fingerprint density at radius 1 is 1.19 bits per heavy atom. The number of aromatic nitrogens is 1. The van der Waals surface area contributed by atoms with Gasteiger partial charge in [-0.25, -0.2) is 4.98 Å². The Morgan fingerprint density at radius 3 is 2.63 bits per heavy atom. The van der Waals surface area contributed by atoms with Crippen LogP contribution in [0.25, 0.3) is 10.2 Å². The van der Waals surface area contributed by atoms with Crippen LogP contribution in [-0.4, -0.2) is 42.5 Å². The molecular formula is C21H23N3O2S. The Kier molecular flexibility index (Phi) is 5.36. The van der Waals surface area contributed by atoms with Crippen LogP contribution in [0.5, 0.6) is 5.75 Å². The van der Waals surface area contributed by atoms with E-state index in [1.54, 1.807) is 18.4 Å². The molecule has 0 spiro atoms. The van der Waals surface area contributed by atoms with E-state index in [4.69, 9.17) is 9.72 Å². The molecule has 3 aromatic rings. The normalized spacial score (nSPS) is 15.7. The Hall–Kier alpha value is -2.44. The first kappa shape index (κ1) is 17.9. The van der Waals surface area contributed by atoms with E-state index >= 15 is 0 Å². The average molecular weight is 382 g/mol. The number of fused-ring (bicyclic) bond motifs is 1. The first-order valence-electron chi connectivity index (χ1n) is 9.23. The van der Waals surface area contributed by atoms with E-state index in [0.29, 0.717) is 12.5 Å². The number of rotatable bonds is 5. The van der Waals surface area contributed by atoms with Crippen LogP contribution in [0, 0.1) is 0 Å². The SMILES string of the molecule is COc1ccc(NC(=O)CN2CCC(c3nc4ccccc4s3)CC2)cc1. The van der Waals surface area contributed by atoms with Gasteiger partial charge in [-0.3, -0.25) is 9.69 Å². The molecule has 1 N–H and O–H groups in total. The number of nitrogens with one attached hydrogen (secondary N) is 1. The summed E-state index contributed by atoms with van der Waals surface area (Å²) in [5, 5.41) is 4.19. The van der Waals surface area contributed by atoms with Gasteiger partial charge in [0.15, 0.2) is 0 Å². The molecule has 0 atom stereocenters. The van der Waals surface area contributed by atoms with Crippen molar-refractivity contribution in [1.82, 2.24) is 9.88 Å². The lowest BCUT2D eigenvalue weighted by Gasteiger charge is -2.30. The van der Waals surface area contributed by atoms with Crippen LogP contribution < -0.4 is 10.1 Å². The quantitative estimate of drug-likeness (QED) is 0.722. The maximum absolute atomic E-state index is 12.3. The number of carbonyl (C=O) groups is 1. The first-order chi connectivity index (χ1) is 13.2. The Bertz CT molecular complexity index is 882. The van der Waals surface area contributed by atoms with E-state index in [-0.39, 0.29) is 5.91 Å². The van der Waals surface area contributed by atoms with Gasteiger partial charge in [0.2, 0.25) is 5.91 Å². The molecule has 1 amide bonds. The zero-order chi connectivity index (χ0) is 18.6. The highest BCUT2D eigenvalue weighted by molar-refractivity contribution is 7.18. The highest BCUT2D eigenvalue weighted by Gasteiger charge is 2.24. The predicted molar refractivity (Wildman–Crippen MR) is 110 cm³/mol. The summed E-state index contributed by atoms with van der Waals surface area (Å²) in [6.45, 7) is 2.28. The van der Waals surface area contributed by atoms with E-state index < -0.39 is 0 Å². The van der Waals surface area contributed by atoms with Gasteiger partial charge in [-0.15, -0.1) is 11.3 Å². The van der Waals surface area contributed by atoms with E-state index in [1.807, 2.05) is 30.3 Å². The van der Waals surface area contributed by atoms with Gasteiger partial charge in [0.05, 0.1) is 28.9 Å². The molecule has 4 rings (SSSR count). The number of benzene rings is 2.